The Hall–Kier alpha value is -0.160. The molecule has 2 unspecified atom stereocenters. The molecule has 2 aliphatic heterocycles. The van der Waals surface area contributed by atoms with Crippen LogP contribution in [0.2, 0.25) is 0 Å². The highest BCUT2D eigenvalue weighted by Crippen LogP contribution is 2.13. The smallest absolute Gasteiger partial charge is 0.0829 e. The highest BCUT2D eigenvalue weighted by Gasteiger charge is 2.27. The molecular weight excluding hydrogens is 226 g/mol. The topological polar surface area (TPSA) is 27.7 Å². The lowest BCUT2D eigenvalue weighted by Crippen LogP contribution is -2.47. The second-order valence-corrected chi connectivity index (χ2v) is 5.95. The van der Waals surface area contributed by atoms with Crippen molar-refractivity contribution < 1.29 is 4.74 Å². The summed E-state index contributed by atoms with van der Waals surface area (Å²) in [7, 11) is 0. The van der Waals surface area contributed by atoms with Crippen molar-refractivity contribution in [1.29, 1.82) is 0 Å². The van der Waals surface area contributed by atoms with Gasteiger partial charge in [0.15, 0.2) is 0 Å². The van der Waals surface area contributed by atoms with Gasteiger partial charge in [0, 0.05) is 38.3 Å². The van der Waals surface area contributed by atoms with Crippen molar-refractivity contribution in [3.05, 3.63) is 0 Å². The van der Waals surface area contributed by atoms with E-state index < -0.39 is 0 Å². The molecule has 2 fully saturated rings. The summed E-state index contributed by atoms with van der Waals surface area (Å²) < 4.78 is 5.88. The van der Waals surface area contributed by atoms with Gasteiger partial charge in [0.2, 0.25) is 0 Å². The SMILES string of the molecule is CCN1CCOC(CN2CCC(NC(C)C)C2)C1. The number of rotatable bonds is 5. The van der Waals surface area contributed by atoms with Gasteiger partial charge in [-0.1, -0.05) is 20.8 Å². The van der Waals surface area contributed by atoms with Gasteiger partial charge in [0.25, 0.3) is 0 Å². The van der Waals surface area contributed by atoms with Gasteiger partial charge in [0.1, 0.15) is 0 Å². The van der Waals surface area contributed by atoms with Crippen LogP contribution in [0.3, 0.4) is 0 Å². The summed E-state index contributed by atoms with van der Waals surface area (Å²) in [6.07, 6.45) is 1.69. The van der Waals surface area contributed by atoms with Crippen molar-refractivity contribution in [1.82, 2.24) is 15.1 Å². The van der Waals surface area contributed by atoms with Crippen molar-refractivity contribution in [2.75, 3.05) is 45.9 Å². The van der Waals surface area contributed by atoms with E-state index in [0.29, 0.717) is 18.2 Å². The number of likely N-dealkylation sites (tertiary alicyclic amines) is 1. The van der Waals surface area contributed by atoms with E-state index in [0.717, 1.165) is 32.8 Å². The number of likely N-dealkylation sites (N-methyl/N-ethyl adjacent to an activating group) is 1. The summed E-state index contributed by atoms with van der Waals surface area (Å²) in [6.45, 7) is 14.5. The fraction of sp³-hybridized carbons (Fsp3) is 1.00. The molecule has 18 heavy (non-hydrogen) atoms. The van der Waals surface area contributed by atoms with Gasteiger partial charge in [-0.3, -0.25) is 9.80 Å². The number of hydrogen-bond acceptors (Lipinski definition) is 4. The first kappa shape index (κ1) is 14.3. The van der Waals surface area contributed by atoms with E-state index in [4.69, 9.17) is 4.74 Å². The first-order valence-corrected chi connectivity index (χ1v) is 7.49. The van der Waals surface area contributed by atoms with E-state index >= 15 is 0 Å². The molecule has 2 rings (SSSR count). The van der Waals surface area contributed by atoms with Crippen molar-refractivity contribution >= 4 is 0 Å². The van der Waals surface area contributed by atoms with E-state index in [9.17, 15) is 0 Å². The molecule has 0 bridgehead atoms. The van der Waals surface area contributed by atoms with Gasteiger partial charge in [-0.05, 0) is 19.5 Å². The second kappa shape index (κ2) is 6.85. The average Bonchev–Trinajstić information content (AvgIpc) is 2.76. The highest BCUT2D eigenvalue weighted by molar-refractivity contribution is 4.84. The number of nitrogens with zero attached hydrogens (tertiary/aromatic N) is 2. The summed E-state index contributed by atoms with van der Waals surface area (Å²) >= 11 is 0. The predicted octanol–water partition coefficient (Wildman–Crippen LogP) is 0.779. The third-order valence-electron chi connectivity index (χ3n) is 3.97. The molecule has 2 atom stereocenters. The van der Waals surface area contributed by atoms with Crippen LogP contribution in [0.5, 0.6) is 0 Å². The van der Waals surface area contributed by atoms with Crippen molar-refractivity contribution in [3.8, 4) is 0 Å². The normalized spacial score (nSPS) is 31.3. The lowest BCUT2D eigenvalue weighted by Gasteiger charge is -2.34. The standard InChI is InChI=1S/C14H29N3O/c1-4-16-7-8-18-14(10-16)11-17-6-5-13(9-17)15-12(2)3/h12-15H,4-11H2,1-3H3. The molecule has 0 aliphatic carbocycles. The Morgan fingerprint density at radius 2 is 2.06 bits per heavy atom. The van der Waals surface area contributed by atoms with Crippen molar-refractivity contribution in [2.45, 2.75) is 45.4 Å². The van der Waals surface area contributed by atoms with Crippen LogP contribution in [-0.2, 0) is 4.74 Å². The summed E-state index contributed by atoms with van der Waals surface area (Å²) in [5.74, 6) is 0. The Morgan fingerprint density at radius 3 is 2.78 bits per heavy atom. The quantitative estimate of drug-likeness (QED) is 0.786. The lowest BCUT2D eigenvalue weighted by molar-refractivity contribution is -0.0393. The third kappa shape index (κ3) is 4.19. The van der Waals surface area contributed by atoms with Crippen LogP contribution >= 0.6 is 0 Å². The maximum atomic E-state index is 5.88. The zero-order chi connectivity index (χ0) is 13.0. The summed E-state index contributed by atoms with van der Waals surface area (Å²) in [5.41, 5.74) is 0. The predicted molar refractivity (Wildman–Crippen MR) is 75.0 cm³/mol. The molecule has 2 aliphatic rings. The Kier molecular flexibility index (Phi) is 5.42. The van der Waals surface area contributed by atoms with E-state index in [1.165, 1.54) is 19.5 Å². The van der Waals surface area contributed by atoms with Crippen molar-refractivity contribution in [3.63, 3.8) is 0 Å². The van der Waals surface area contributed by atoms with Crippen molar-refractivity contribution in [2.24, 2.45) is 0 Å². The van der Waals surface area contributed by atoms with Gasteiger partial charge < -0.3 is 10.1 Å². The molecule has 0 aromatic rings. The lowest BCUT2D eigenvalue weighted by atomic mass is 10.2. The van der Waals surface area contributed by atoms with E-state index in [1.807, 2.05) is 0 Å². The molecule has 0 saturated carbocycles. The minimum absolute atomic E-state index is 0.413. The number of morpholine rings is 1. The first-order valence-electron chi connectivity index (χ1n) is 7.49. The molecular formula is C14H29N3O. The largest absolute Gasteiger partial charge is 0.374 e. The van der Waals surface area contributed by atoms with Crippen LogP contribution in [0.4, 0.5) is 0 Å². The molecule has 0 amide bonds. The van der Waals surface area contributed by atoms with E-state index in [-0.39, 0.29) is 0 Å². The number of ether oxygens (including phenoxy) is 1. The van der Waals surface area contributed by atoms with E-state index in [1.54, 1.807) is 0 Å². The Balaban J connectivity index is 1.70. The minimum atomic E-state index is 0.413. The molecule has 0 spiro atoms. The maximum absolute atomic E-state index is 5.88. The second-order valence-electron chi connectivity index (χ2n) is 5.95. The monoisotopic (exact) mass is 255 g/mol. The van der Waals surface area contributed by atoms with Gasteiger partial charge in [-0.25, -0.2) is 0 Å². The van der Waals surface area contributed by atoms with Crippen LogP contribution < -0.4 is 5.32 Å². The van der Waals surface area contributed by atoms with E-state index in [2.05, 4.69) is 35.9 Å². The van der Waals surface area contributed by atoms with Gasteiger partial charge in [0.05, 0.1) is 12.7 Å². The molecule has 4 heteroatoms. The Morgan fingerprint density at radius 1 is 1.22 bits per heavy atom. The summed E-state index contributed by atoms with van der Waals surface area (Å²) in [4.78, 5) is 5.05. The summed E-state index contributed by atoms with van der Waals surface area (Å²) in [5, 5.41) is 3.64. The fourth-order valence-electron chi connectivity index (χ4n) is 3.07. The first-order chi connectivity index (χ1) is 8.67. The molecule has 0 radical (unpaired) electrons. The Labute approximate surface area is 112 Å². The zero-order valence-corrected chi connectivity index (χ0v) is 12.2. The molecule has 4 nitrogen and oxygen atoms in total. The molecule has 0 aromatic heterocycles. The molecule has 106 valence electrons. The minimum Gasteiger partial charge on any atom is -0.374 e. The zero-order valence-electron chi connectivity index (χ0n) is 12.2. The highest BCUT2D eigenvalue weighted by atomic mass is 16.5. The van der Waals surface area contributed by atoms with Crippen LogP contribution in [0, 0.1) is 0 Å². The number of hydrogen-bond donors (Lipinski definition) is 1. The van der Waals surface area contributed by atoms with Gasteiger partial charge in [-0.2, -0.15) is 0 Å². The molecule has 0 aromatic carbocycles. The van der Waals surface area contributed by atoms with Crippen LogP contribution in [-0.4, -0.2) is 73.9 Å². The van der Waals surface area contributed by atoms with Crippen LogP contribution in [0.1, 0.15) is 27.2 Å². The van der Waals surface area contributed by atoms with Crippen LogP contribution in [0.15, 0.2) is 0 Å². The molecule has 2 heterocycles. The van der Waals surface area contributed by atoms with Gasteiger partial charge in [-0.15, -0.1) is 0 Å². The third-order valence-corrected chi connectivity index (χ3v) is 3.97. The Bertz CT molecular complexity index is 247. The average molecular weight is 255 g/mol. The molecule has 2 saturated heterocycles. The molecule has 1 N–H and O–H groups in total. The summed E-state index contributed by atoms with van der Waals surface area (Å²) in [6, 6.07) is 1.27. The maximum Gasteiger partial charge on any atom is 0.0829 e. The van der Waals surface area contributed by atoms with Gasteiger partial charge >= 0.3 is 0 Å². The fourth-order valence-corrected chi connectivity index (χ4v) is 3.07. The number of nitrogens with one attached hydrogen (secondary N) is 1. The van der Waals surface area contributed by atoms with Crippen LogP contribution in [0.25, 0.3) is 0 Å².